The minimum absolute atomic E-state index is 0.193. The van der Waals surface area contributed by atoms with Crippen molar-refractivity contribution in [2.45, 2.75) is 26.7 Å². The summed E-state index contributed by atoms with van der Waals surface area (Å²) in [5, 5.41) is 9.41. The van der Waals surface area contributed by atoms with Gasteiger partial charge in [-0.15, -0.1) is 5.10 Å². The molecular formula is C11H20N4O2. The number of nitrogens with zero attached hydrogens (tertiary/aromatic N) is 2. The van der Waals surface area contributed by atoms with Crippen LogP contribution < -0.4 is 5.32 Å². The summed E-state index contributed by atoms with van der Waals surface area (Å²) in [6.07, 6.45) is 0. The van der Waals surface area contributed by atoms with Crippen molar-refractivity contribution in [3.8, 4) is 0 Å². The molecule has 96 valence electrons. The summed E-state index contributed by atoms with van der Waals surface area (Å²) in [6.45, 7) is 7.15. The van der Waals surface area contributed by atoms with E-state index in [-0.39, 0.29) is 23.6 Å². The molecule has 0 spiro atoms. The standard InChI is InChI=1S/C11H20N4O2/c1-7(2)9-13-10(15-14-9)11(16)12-5-8(3)6-17-4/h7-8H,5-6H2,1-4H3,(H,12,16)(H,13,14,15). The van der Waals surface area contributed by atoms with Crippen LogP contribution in [0, 0.1) is 5.92 Å². The highest BCUT2D eigenvalue weighted by atomic mass is 16.5. The molecule has 0 aromatic carbocycles. The second-order valence-corrected chi connectivity index (χ2v) is 4.47. The molecule has 17 heavy (non-hydrogen) atoms. The Labute approximate surface area is 101 Å². The number of H-pyrrole nitrogens is 1. The van der Waals surface area contributed by atoms with E-state index in [0.717, 1.165) is 5.82 Å². The number of aromatic amines is 1. The van der Waals surface area contributed by atoms with Gasteiger partial charge in [-0.3, -0.25) is 9.89 Å². The summed E-state index contributed by atoms with van der Waals surface area (Å²) in [4.78, 5) is 15.8. The third-order valence-electron chi connectivity index (χ3n) is 2.31. The van der Waals surface area contributed by atoms with Crippen molar-refractivity contribution in [3.63, 3.8) is 0 Å². The molecule has 0 aliphatic heterocycles. The van der Waals surface area contributed by atoms with Gasteiger partial charge >= 0.3 is 0 Å². The molecule has 1 atom stereocenters. The predicted octanol–water partition coefficient (Wildman–Crippen LogP) is 0.940. The number of aromatic nitrogens is 3. The lowest BCUT2D eigenvalue weighted by Crippen LogP contribution is -2.30. The van der Waals surface area contributed by atoms with Crippen molar-refractivity contribution in [1.29, 1.82) is 0 Å². The molecule has 2 N–H and O–H groups in total. The summed E-state index contributed by atoms with van der Waals surface area (Å²) >= 11 is 0. The maximum absolute atomic E-state index is 11.7. The van der Waals surface area contributed by atoms with Crippen LogP contribution in [0.4, 0.5) is 0 Å². The molecule has 1 heterocycles. The van der Waals surface area contributed by atoms with E-state index in [9.17, 15) is 4.79 Å². The van der Waals surface area contributed by atoms with Crippen molar-refractivity contribution in [2.24, 2.45) is 5.92 Å². The molecule has 0 fully saturated rings. The van der Waals surface area contributed by atoms with Crippen LogP contribution in [0.15, 0.2) is 0 Å². The zero-order valence-electron chi connectivity index (χ0n) is 10.8. The fraction of sp³-hybridized carbons (Fsp3) is 0.727. The maximum Gasteiger partial charge on any atom is 0.290 e. The monoisotopic (exact) mass is 240 g/mol. The molecule has 0 saturated heterocycles. The van der Waals surface area contributed by atoms with Gasteiger partial charge in [0.2, 0.25) is 5.82 Å². The van der Waals surface area contributed by atoms with Crippen molar-refractivity contribution >= 4 is 5.91 Å². The average molecular weight is 240 g/mol. The van der Waals surface area contributed by atoms with Crippen molar-refractivity contribution in [2.75, 3.05) is 20.3 Å². The average Bonchev–Trinajstić information content (AvgIpc) is 2.75. The normalized spacial score (nSPS) is 12.8. The second-order valence-electron chi connectivity index (χ2n) is 4.47. The van der Waals surface area contributed by atoms with Gasteiger partial charge in [-0.1, -0.05) is 20.8 Å². The molecule has 1 unspecified atom stereocenters. The van der Waals surface area contributed by atoms with Crippen molar-refractivity contribution < 1.29 is 9.53 Å². The molecule has 0 bridgehead atoms. The number of hydrogen-bond donors (Lipinski definition) is 2. The van der Waals surface area contributed by atoms with Gasteiger partial charge in [-0.25, -0.2) is 4.98 Å². The number of amides is 1. The first-order chi connectivity index (χ1) is 8.04. The Hall–Kier alpha value is -1.43. The van der Waals surface area contributed by atoms with Gasteiger partial charge < -0.3 is 10.1 Å². The maximum atomic E-state index is 11.7. The van der Waals surface area contributed by atoms with Crippen LogP contribution in [-0.4, -0.2) is 41.3 Å². The van der Waals surface area contributed by atoms with E-state index in [1.54, 1.807) is 7.11 Å². The predicted molar refractivity (Wildman–Crippen MR) is 63.8 cm³/mol. The van der Waals surface area contributed by atoms with Crippen molar-refractivity contribution in [3.05, 3.63) is 11.6 Å². The lowest BCUT2D eigenvalue weighted by molar-refractivity contribution is 0.0924. The lowest BCUT2D eigenvalue weighted by Gasteiger charge is -2.09. The van der Waals surface area contributed by atoms with Gasteiger partial charge in [0, 0.05) is 19.6 Å². The van der Waals surface area contributed by atoms with Crippen LogP contribution in [0.3, 0.4) is 0 Å². The molecule has 0 aliphatic rings. The Morgan fingerprint density at radius 3 is 2.71 bits per heavy atom. The summed E-state index contributed by atoms with van der Waals surface area (Å²) in [7, 11) is 1.64. The van der Waals surface area contributed by atoms with Gasteiger partial charge in [-0.2, -0.15) is 0 Å². The molecule has 1 aromatic heterocycles. The smallest absolute Gasteiger partial charge is 0.290 e. The largest absolute Gasteiger partial charge is 0.384 e. The van der Waals surface area contributed by atoms with E-state index < -0.39 is 0 Å². The van der Waals surface area contributed by atoms with Crippen LogP contribution >= 0.6 is 0 Å². The number of ether oxygens (including phenoxy) is 1. The third-order valence-corrected chi connectivity index (χ3v) is 2.31. The molecule has 0 radical (unpaired) electrons. The molecule has 1 aromatic rings. The molecule has 0 saturated carbocycles. The fourth-order valence-electron chi connectivity index (χ4n) is 1.32. The molecule has 1 rings (SSSR count). The lowest BCUT2D eigenvalue weighted by atomic mass is 10.2. The molecule has 1 amide bonds. The quantitative estimate of drug-likeness (QED) is 0.775. The third kappa shape index (κ3) is 4.14. The van der Waals surface area contributed by atoms with E-state index >= 15 is 0 Å². The van der Waals surface area contributed by atoms with Gasteiger partial charge in [-0.05, 0) is 5.92 Å². The zero-order chi connectivity index (χ0) is 12.8. The summed E-state index contributed by atoms with van der Waals surface area (Å²) in [5.41, 5.74) is 0. The summed E-state index contributed by atoms with van der Waals surface area (Å²) in [5.74, 6) is 1.17. The Kier molecular flexibility index (Phi) is 5.09. The molecule has 6 nitrogen and oxygen atoms in total. The molecular weight excluding hydrogens is 220 g/mol. The van der Waals surface area contributed by atoms with Crippen LogP contribution in [0.25, 0.3) is 0 Å². The van der Waals surface area contributed by atoms with Crippen LogP contribution in [0.1, 0.15) is 43.1 Å². The van der Waals surface area contributed by atoms with Gasteiger partial charge in [0.05, 0.1) is 6.61 Å². The number of hydrogen-bond acceptors (Lipinski definition) is 4. The van der Waals surface area contributed by atoms with Crippen LogP contribution in [0.5, 0.6) is 0 Å². The first-order valence-electron chi connectivity index (χ1n) is 5.74. The highest BCUT2D eigenvalue weighted by molar-refractivity contribution is 5.90. The highest BCUT2D eigenvalue weighted by Crippen LogP contribution is 2.07. The van der Waals surface area contributed by atoms with Crippen LogP contribution in [0.2, 0.25) is 0 Å². The van der Waals surface area contributed by atoms with E-state index in [2.05, 4.69) is 20.5 Å². The number of carbonyl (C=O) groups excluding carboxylic acids is 1. The number of rotatable bonds is 6. The van der Waals surface area contributed by atoms with E-state index in [1.165, 1.54) is 0 Å². The highest BCUT2D eigenvalue weighted by Gasteiger charge is 2.14. The SMILES string of the molecule is COCC(C)CNC(=O)c1n[nH]c(C(C)C)n1. The summed E-state index contributed by atoms with van der Waals surface area (Å²) in [6, 6.07) is 0. The minimum atomic E-state index is -0.254. The van der Waals surface area contributed by atoms with E-state index in [1.807, 2.05) is 20.8 Å². The van der Waals surface area contributed by atoms with Crippen LogP contribution in [-0.2, 0) is 4.74 Å². The topological polar surface area (TPSA) is 79.9 Å². The van der Waals surface area contributed by atoms with Gasteiger partial charge in [0.25, 0.3) is 5.91 Å². The Morgan fingerprint density at radius 1 is 1.47 bits per heavy atom. The number of methoxy groups -OCH3 is 1. The summed E-state index contributed by atoms with van der Waals surface area (Å²) < 4.78 is 4.99. The molecule has 6 heteroatoms. The van der Waals surface area contributed by atoms with Gasteiger partial charge in [0.15, 0.2) is 0 Å². The molecule has 0 aliphatic carbocycles. The van der Waals surface area contributed by atoms with E-state index in [4.69, 9.17) is 4.74 Å². The van der Waals surface area contributed by atoms with Crippen molar-refractivity contribution in [1.82, 2.24) is 20.5 Å². The second kappa shape index (κ2) is 6.34. The van der Waals surface area contributed by atoms with E-state index in [0.29, 0.717) is 13.2 Å². The minimum Gasteiger partial charge on any atom is -0.384 e. The zero-order valence-corrected chi connectivity index (χ0v) is 10.8. The number of carbonyl (C=O) groups is 1. The first-order valence-corrected chi connectivity index (χ1v) is 5.74. The fourth-order valence-corrected chi connectivity index (χ4v) is 1.32. The first kappa shape index (κ1) is 13.6. The number of nitrogens with one attached hydrogen (secondary N) is 2. The Bertz CT molecular complexity index is 362. The van der Waals surface area contributed by atoms with Gasteiger partial charge in [0.1, 0.15) is 5.82 Å². The Morgan fingerprint density at radius 2 is 2.18 bits per heavy atom. The Balaban J connectivity index is 2.46.